The lowest BCUT2D eigenvalue weighted by Crippen LogP contribution is -2.36. The lowest BCUT2D eigenvalue weighted by molar-refractivity contribution is -0.384. The third-order valence-corrected chi connectivity index (χ3v) is 7.46. The van der Waals surface area contributed by atoms with Gasteiger partial charge in [0.05, 0.1) is 19.1 Å². The van der Waals surface area contributed by atoms with Gasteiger partial charge in [-0.15, -0.1) is 5.10 Å². The van der Waals surface area contributed by atoms with Crippen LogP contribution in [0, 0.1) is 15.5 Å². The van der Waals surface area contributed by atoms with Crippen molar-refractivity contribution >= 4 is 29.2 Å². The molecule has 0 radical (unpaired) electrons. The zero-order chi connectivity index (χ0) is 26.3. The number of carbonyl (C=O) groups is 1. The Balaban J connectivity index is 1.51. The molecule has 0 unspecified atom stereocenters. The molecule has 3 aromatic rings. The van der Waals surface area contributed by atoms with Gasteiger partial charge in [0.25, 0.3) is 5.69 Å². The number of ketones is 1. The van der Waals surface area contributed by atoms with Gasteiger partial charge in [-0.3, -0.25) is 14.9 Å². The van der Waals surface area contributed by atoms with Crippen LogP contribution in [0.5, 0.6) is 11.5 Å². The van der Waals surface area contributed by atoms with Crippen LogP contribution in [0.25, 0.3) is 0 Å². The van der Waals surface area contributed by atoms with Gasteiger partial charge < -0.3 is 14.8 Å². The van der Waals surface area contributed by atoms with E-state index in [9.17, 15) is 14.9 Å². The molecule has 11 heteroatoms. The smallest absolute Gasteiger partial charge is 0.269 e. The molecule has 10 nitrogen and oxygen atoms in total. The average Bonchev–Trinajstić information content (AvgIpc) is 3.27. The second kappa shape index (κ2) is 9.55. The first-order valence-electron chi connectivity index (χ1n) is 11.8. The number of nitro benzene ring substituents is 1. The van der Waals surface area contributed by atoms with Crippen molar-refractivity contribution in [2.45, 2.75) is 43.6 Å². The normalized spacial score (nSPS) is 18.1. The minimum Gasteiger partial charge on any atom is -0.493 e. The molecule has 2 aliphatic rings. The number of methoxy groups -OCH3 is 2. The summed E-state index contributed by atoms with van der Waals surface area (Å²) in [6, 6.07) is 11.6. The summed E-state index contributed by atoms with van der Waals surface area (Å²) >= 11 is 1.43. The zero-order valence-corrected chi connectivity index (χ0v) is 21.8. The van der Waals surface area contributed by atoms with E-state index in [1.165, 1.54) is 23.9 Å². The topological polar surface area (TPSA) is 121 Å². The fourth-order valence-corrected chi connectivity index (χ4v) is 5.63. The molecule has 0 fully saturated rings. The lowest BCUT2D eigenvalue weighted by atomic mass is 9.73. The molecule has 0 bridgehead atoms. The van der Waals surface area contributed by atoms with Crippen molar-refractivity contribution < 1.29 is 19.2 Å². The van der Waals surface area contributed by atoms with Crippen LogP contribution >= 0.6 is 11.8 Å². The SMILES string of the molecule is COc1ccc([C@H]2C3=C(CC(C)(C)CC3=O)Nc3nc(SCc4ccc([N+](=O)[O-])cc4)nn32)cc1OC. The van der Waals surface area contributed by atoms with Crippen molar-refractivity contribution in [1.29, 1.82) is 0 Å². The summed E-state index contributed by atoms with van der Waals surface area (Å²) in [7, 11) is 3.16. The van der Waals surface area contributed by atoms with Crippen LogP contribution in [0.4, 0.5) is 11.6 Å². The molecule has 2 heterocycles. The second-order valence-corrected chi connectivity index (χ2v) is 10.8. The van der Waals surface area contributed by atoms with Gasteiger partial charge in [-0.1, -0.05) is 43.8 Å². The maximum Gasteiger partial charge on any atom is 0.269 e. The minimum absolute atomic E-state index is 0.0514. The highest BCUT2D eigenvalue weighted by molar-refractivity contribution is 7.98. The number of fused-ring (bicyclic) bond motifs is 1. The Morgan fingerprint density at radius 3 is 2.54 bits per heavy atom. The zero-order valence-electron chi connectivity index (χ0n) is 21.0. The molecule has 2 aromatic carbocycles. The maximum absolute atomic E-state index is 13.4. The second-order valence-electron chi connectivity index (χ2n) is 9.85. The molecule has 1 atom stereocenters. The largest absolute Gasteiger partial charge is 0.493 e. The third-order valence-electron chi connectivity index (χ3n) is 6.55. The number of thioether (sulfide) groups is 1. The quantitative estimate of drug-likeness (QED) is 0.255. The Bertz CT molecular complexity index is 1410. The predicted molar refractivity (Wildman–Crippen MR) is 139 cm³/mol. The highest BCUT2D eigenvalue weighted by Crippen LogP contribution is 2.46. The number of hydrogen-bond acceptors (Lipinski definition) is 9. The Labute approximate surface area is 218 Å². The summed E-state index contributed by atoms with van der Waals surface area (Å²) < 4.78 is 12.7. The number of Topliss-reactive ketones (excluding diaryl/α,β-unsaturated/α-hetero) is 1. The van der Waals surface area contributed by atoms with Crippen LogP contribution in [0.2, 0.25) is 0 Å². The van der Waals surface area contributed by atoms with Crippen LogP contribution < -0.4 is 14.8 Å². The summed E-state index contributed by atoms with van der Waals surface area (Å²) in [5.74, 6) is 2.36. The van der Waals surface area contributed by atoms with E-state index < -0.39 is 11.0 Å². The number of anilines is 1. The Hall–Kier alpha value is -3.86. The summed E-state index contributed by atoms with van der Waals surface area (Å²) in [5, 5.41) is 19.6. The molecular formula is C26H27N5O5S. The number of hydrogen-bond donors (Lipinski definition) is 1. The molecule has 37 heavy (non-hydrogen) atoms. The van der Waals surface area contributed by atoms with Crippen molar-refractivity contribution in [3.63, 3.8) is 0 Å². The molecule has 192 valence electrons. The van der Waals surface area contributed by atoms with E-state index >= 15 is 0 Å². The van der Waals surface area contributed by atoms with Crippen molar-refractivity contribution in [3.05, 3.63) is 75.0 Å². The number of benzene rings is 2. The number of nitro groups is 1. The van der Waals surface area contributed by atoms with E-state index in [1.54, 1.807) is 31.0 Å². The molecule has 1 aromatic heterocycles. The number of aromatic nitrogens is 3. The number of carbonyl (C=O) groups excluding carboxylic acids is 1. The highest BCUT2D eigenvalue weighted by Gasteiger charge is 2.42. The first-order chi connectivity index (χ1) is 17.7. The van der Waals surface area contributed by atoms with Gasteiger partial charge in [0, 0.05) is 35.6 Å². The monoisotopic (exact) mass is 521 g/mol. The van der Waals surface area contributed by atoms with Gasteiger partial charge in [0.15, 0.2) is 17.3 Å². The van der Waals surface area contributed by atoms with Crippen LogP contribution in [0.1, 0.15) is 43.9 Å². The fraction of sp³-hybridized carbons (Fsp3) is 0.346. The van der Waals surface area contributed by atoms with Crippen LogP contribution in [-0.4, -0.2) is 39.7 Å². The summed E-state index contributed by atoms with van der Waals surface area (Å²) in [6.07, 6.45) is 1.17. The van der Waals surface area contributed by atoms with Gasteiger partial charge >= 0.3 is 0 Å². The molecule has 0 saturated carbocycles. The van der Waals surface area contributed by atoms with Gasteiger partial charge in [-0.05, 0) is 35.1 Å². The number of nitrogens with one attached hydrogen (secondary N) is 1. The van der Waals surface area contributed by atoms with Crippen LogP contribution in [0.15, 0.2) is 58.9 Å². The number of non-ortho nitro benzene ring substituents is 1. The fourth-order valence-electron chi connectivity index (χ4n) is 4.84. The lowest BCUT2D eigenvalue weighted by Gasteiger charge is -2.38. The van der Waals surface area contributed by atoms with Gasteiger partial charge in [-0.2, -0.15) is 4.98 Å². The van der Waals surface area contributed by atoms with Gasteiger partial charge in [-0.25, -0.2) is 4.68 Å². The Morgan fingerprint density at radius 1 is 1.14 bits per heavy atom. The number of nitrogens with zero attached hydrogens (tertiary/aromatic N) is 4. The van der Waals surface area contributed by atoms with E-state index in [0.29, 0.717) is 40.4 Å². The molecular weight excluding hydrogens is 494 g/mol. The van der Waals surface area contributed by atoms with Gasteiger partial charge in [0.2, 0.25) is 11.1 Å². The molecule has 1 aliphatic carbocycles. The molecule has 0 amide bonds. The Kier molecular flexibility index (Phi) is 6.40. The average molecular weight is 522 g/mol. The standard InChI is InChI=1S/C26H27N5O5S/c1-26(2)12-18-22(19(32)13-26)23(16-7-10-20(35-3)21(11-16)36-4)30-24(27-18)28-25(29-30)37-14-15-5-8-17(9-6-15)31(33)34/h5-11,23H,12-14H2,1-4H3,(H,27,28,29)/t23-/m0/s1. The van der Waals surface area contributed by atoms with Crippen LogP contribution in [-0.2, 0) is 10.5 Å². The van der Waals surface area contributed by atoms with Crippen molar-refractivity contribution in [1.82, 2.24) is 14.8 Å². The van der Waals surface area contributed by atoms with E-state index in [2.05, 4.69) is 19.2 Å². The van der Waals surface area contributed by atoms with E-state index in [-0.39, 0.29) is 16.9 Å². The molecule has 1 N–H and O–H groups in total. The van der Waals surface area contributed by atoms with Crippen molar-refractivity contribution in [3.8, 4) is 11.5 Å². The number of ether oxygens (including phenoxy) is 2. The summed E-state index contributed by atoms with van der Waals surface area (Å²) in [4.78, 5) is 28.7. The first-order valence-corrected chi connectivity index (χ1v) is 12.8. The van der Waals surface area contributed by atoms with Crippen molar-refractivity contribution in [2.75, 3.05) is 19.5 Å². The van der Waals surface area contributed by atoms with Crippen molar-refractivity contribution in [2.24, 2.45) is 5.41 Å². The van der Waals surface area contributed by atoms with Crippen LogP contribution in [0.3, 0.4) is 0 Å². The molecule has 1 aliphatic heterocycles. The summed E-state index contributed by atoms with van der Waals surface area (Å²) in [6.45, 7) is 4.18. The predicted octanol–water partition coefficient (Wildman–Crippen LogP) is 5.15. The van der Waals surface area contributed by atoms with Gasteiger partial charge in [0.1, 0.15) is 6.04 Å². The number of allylic oxidation sites excluding steroid dienone is 2. The first kappa shape index (κ1) is 24.8. The molecule has 0 saturated heterocycles. The van der Waals surface area contributed by atoms with E-state index in [1.807, 2.05) is 18.2 Å². The van der Waals surface area contributed by atoms with E-state index in [0.717, 1.165) is 23.2 Å². The highest BCUT2D eigenvalue weighted by atomic mass is 32.2. The maximum atomic E-state index is 13.4. The minimum atomic E-state index is -0.462. The molecule has 5 rings (SSSR count). The van der Waals surface area contributed by atoms with E-state index in [4.69, 9.17) is 19.6 Å². The molecule has 0 spiro atoms. The summed E-state index contributed by atoms with van der Waals surface area (Å²) in [5.41, 5.74) is 3.21. The third kappa shape index (κ3) is 4.78. The Morgan fingerprint density at radius 2 is 1.86 bits per heavy atom. The number of rotatable bonds is 7.